The summed E-state index contributed by atoms with van der Waals surface area (Å²) in [6, 6.07) is 1.07. The maximum absolute atomic E-state index is 5.73. The first-order valence-corrected chi connectivity index (χ1v) is 6.81. The van der Waals surface area contributed by atoms with Gasteiger partial charge in [-0.2, -0.15) is 0 Å². The maximum atomic E-state index is 5.73. The van der Waals surface area contributed by atoms with Crippen molar-refractivity contribution in [1.82, 2.24) is 5.32 Å². The zero-order valence-corrected chi connectivity index (χ0v) is 11.0. The van der Waals surface area contributed by atoms with Crippen molar-refractivity contribution < 1.29 is 14.2 Å². The van der Waals surface area contributed by atoms with E-state index in [0.29, 0.717) is 12.1 Å². The van der Waals surface area contributed by atoms with Crippen LogP contribution in [0.2, 0.25) is 0 Å². The highest BCUT2D eigenvalue weighted by Crippen LogP contribution is 2.35. The zero-order valence-electron chi connectivity index (χ0n) is 11.0. The summed E-state index contributed by atoms with van der Waals surface area (Å²) in [5.41, 5.74) is 0. The fourth-order valence-corrected chi connectivity index (χ4v) is 2.83. The van der Waals surface area contributed by atoms with E-state index in [1.54, 1.807) is 7.11 Å². The van der Waals surface area contributed by atoms with E-state index in [1.807, 2.05) is 0 Å². The van der Waals surface area contributed by atoms with Gasteiger partial charge >= 0.3 is 0 Å². The molecular weight excluding hydrogens is 218 g/mol. The Morgan fingerprint density at radius 3 is 2.47 bits per heavy atom. The van der Waals surface area contributed by atoms with Gasteiger partial charge in [0, 0.05) is 32.0 Å². The van der Waals surface area contributed by atoms with Gasteiger partial charge in [0.2, 0.25) is 0 Å². The van der Waals surface area contributed by atoms with Crippen molar-refractivity contribution in [1.29, 1.82) is 0 Å². The summed E-state index contributed by atoms with van der Waals surface area (Å²) in [5, 5.41) is 3.68. The van der Waals surface area contributed by atoms with Crippen molar-refractivity contribution in [3.8, 4) is 0 Å². The molecule has 1 aliphatic heterocycles. The minimum Gasteiger partial charge on any atom is -0.383 e. The lowest BCUT2D eigenvalue weighted by molar-refractivity contribution is -0.179. The second-order valence-electron chi connectivity index (χ2n) is 5.11. The van der Waals surface area contributed by atoms with Crippen LogP contribution in [0, 0.1) is 0 Å². The van der Waals surface area contributed by atoms with Gasteiger partial charge in [0.25, 0.3) is 0 Å². The summed E-state index contributed by atoms with van der Waals surface area (Å²) in [6.07, 6.45) is 5.44. The molecule has 0 amide bonds. The molecule has 4 heteroatoms. The Labute approximate surface area is 104 Å². The number of hydrogen-bond acceptors (Lipinski definition) is 4. The van der Waals surface area contributed by atoms with Crippen molar-refractivity contribution in [2.24, 2.45) is 0 Å². The average molecular weight is 243 g/mol. The van der Waals surface area contributed by atoms with Crippen molar-refractivity contribution in [3.05, 3.63) is 0 Å². The Bertz CT molecular complexity index is 219. The smallest absolute Gasteiger partial charge is 0.168 e. The van der Waals surface area contributed by atoms with Gasteiger partial charge in [0.15, 0.2) is 5.79 Å². The predicted molar refractivity (Wildman–Crippen MR) is 66.0 cm³/mol. The van der Waals surface area contributed by atoms with Gasteiger partial charge < -0.3 is 19.5 Å². The third-order valence-electron chi connectivity index (χ3n) is 3.89. The average Bonchev–Trinajstić information content (AvgIpc) is 2.80. The molecule has 2 fully saturated rings. The third kappa shape index (κ3) is 3.41. The topological polar surface area (TPSA) is 39.7 Å². The molecule has 0 radical (unpaired) electrons. The van der Waals surface area contributed by atoms with Crippen LogP contribution in [0.1, 0.15) is 39.0 Å². The molecule has 1 heterocycles. The van der Waals surface area contributed by atoms with E-state index in [4.69, 9.17) is 14.2 Å². The number of nitrogens with one attached hydrogen (secondary N) is 1. The molecule has 2 rings (SSSR count). The van der Waals surface area contributed by atoms with Gasteiger partial charge in [-0.25, -0.2) is 0 Å². The van der Waals surface area contributed by atoms with Crippen LogP contribution in [0.4, 0.5) is 0 Å². The Hall–Kier alpha value is -0.160. The minimum atomic E-state index is -0.235. The highest BCUT2D eigenvalue weighted by Gasteiger charge is 2.40. The van der Waals surface area contributed by atoms with Gasteiger partial charge in [-0.05, 0) is 19.3 Å². The lowest BCUT2D eigenvalue weighted by Gasteiger charge is -2.37. The first-order chi connectivity index (χ1) is 8.28. The van der Waals surface area contributed by atoms with E-state index < -0.39 is 0 Å². The molecule has 1 spiro atoms. The van der Waals surface area contributed by atoms with E-state index in [1.165, 1.54) is 0 Å². The molecule has 17 heavy (non-hydrogen) atoms. The van der Waals surface area contributed by atoms with E-state index in [2.05, 4.69) is 12.2 Å². The van der Waals surface area contributed by atoms with Gasteiger partial charge in [0.05, 0.1) is 19.8 Å². The second-order valence-corrected chi connectivity index (χ2v) is 5.11. The Balaban J connectivity index is 1.74. The normalized spacial score (nSPS) is 26.5. The van der Waals surface area contributed by atoms with E-state index in [9.17, 15) is 0 Å². The summed E-state index contributed by atoms with van der Waals surface area (Å²) < 4.78 is 16.7. The molecule has 0 aromatic rings. The van der Waals surface area contributed by atoms with Gasteiger partial charge in [-0.3, -0.25) is 0 Å². The number of rotatable bonds is 5. The molecule has 4 nitrogen and oxygen atoms in total. The first-order valence-electron chi connectivity index (χ1n) is 6.81. The van der Waals surface area contributed by atoms with Crippen LogP contribution in [0.15, 0.2) is 0 Å². The fraction of sp³-hybridized carbons (Fsp3) is 1.00. The molecule has 2 aliphatic rings. The fourth-order valence-electron chi connectivity index (χ4n) is 2.83. The molecule has 1 aliphatic carbocycles. The standard InChI is InChI=1S/C13H25NO3/c1-3-11(10-15-2)14-12-4-6-13(7-5-12)16-8-9-17-13/h11-12,14H,3-10H2,1-2H3. The van der Waals surface area contributed by atoms with E-state index in [0.717, 1.165) is 51.9 Å². The van der Waals surface area contributed by atoms with Crippen molar-refractivity contribution >= 4 is 0 Å². The van der Waals surface area contributed by atoms with Crippen LogP contribution in [0.25, 0.3) is 0 Å². The predicted octanol–water partition coefficient (Wildman–Crippen LogP) is 1.69. The largest absolute Gasteiger partial charge is 0.383 e. The maximum Gasteiger partial charge on any atom is 0.168 e. The molecule has 1 N–H and O–H groups in total. The molecule has 0 aromatic carbocycles. The molecule has 1 unspecified atom stereocenters. The highest BCUT2D eigenvalue weighted by molar-refractivity contribution is 4.86. The molecule has 0 aromatic heterocycles. The van der Waals surface area contributed by atoms with Crippen molar-refractivity contribution in [2.75, 3.05) is 26.9 Å². The SMILES string of the molecule is CCC(COC)NC1CCC2(CC1)OCCO2. The van der Waals surface area contributed by atoms with Crippen LogP contribution < -0.4 is 5.32 Å². The van der Waals surface area contributed by atoms with Crippen LogP contribution in [-0.2, 0) is 14.2 Å². The van der Waals surface area contributed by atoms with Crippen molar-refractivity contribution in [3.63, 3.8) is 0 Å². The summed E-state index contributed by atoms with van der Waals surface area (Å²) in [4.78, 5) is 0. The summed E-state index contributed by atoms with van der Waals surface area (Å²) in [6.45, 7) is 4.52. The van der Waals surface area contributed by atoms with Crippen LogP contribution in [0.3, 0.4) is 0 Å². The Morgan fingerprint density at radius 1 is 1.29 bits per heavy atom. The second kappa shape index (κ2) is 6.14. The zero-order chi connectivity index (χ0) is 12.1. The first kappa shape index (κ1) is 13.3. The van der Waals surface area contributed by atoms with Gasteiger partial charge in [-0.15, -0.1) is 0 Å². The number of hydrogen-bond donors (Lipinski definition) is 1. The molecule has 1 saturated heterocycles. The Morgan fingerprint density at radius 2 is 1.94 bits per heavy atom. The van der Waals surface area contributed by atoms with Gasteiger partial charge in [0.1, 0.15) is 0 Å². The van der Waals surface area contributed by atoms with Crippen molar-refractivity contribution in [2.45, 2.75) is 56.9 Å². The molecule has 1 saturated carbocycles. The lowest BCUT2D eigenvalue weighted by atomic mass is 9.89. The van der Waals surface area contributed by atoms with E-state index >= 15 is 0 Å². The quantitative estimate of drug-likeness (QED) is 0.797. The molecule has 1 atom stereocenters. The minimum absolute atomic E-state index is 0.235. The van der Waals surface area contributed by atoms with E-state index in [-0.39, 0.29) is 5.79 Å². The number of ether oxygens (including phenoxy) is 3. The third-order valence-corrected chi connectivity index (χ3v) is 3.89. The van der Waals surface area contributed by atoms with Crippen LogP contribution >= 0.6 is 0 Å². The lowest BCUT2D eigenvalue weighted by Crippen LogP contribution is -2.46. The highest BCUT2D eigenvalue weighted by atomic mass is 16.7. The summed E-state index contributed by atoms with van der Waals surface area (Å²) in [5.74, 6) is -0.235. The molecule has 100 valence electrons. The van der Waals surface area contributed by atoms with Crippen LogP contribution in [0.5, 0.6) is 0 Å². The van der Waals surface area contributed by atoms with Crippen LogP contribution in [-0.4, -0.2) is 44.8 Å². The Kier molecular flexibility index (Phi) is 4.79. The molecular formula is C13H25NO3. The number of methoxy groups -OCH3 is 1. The molecule has 0 bridgehead atoms. The summed E-state index contributed by atoms with van der Waals surface area (Å²) >= 11 is 0. The van der Waals surface area contributed by atoms with Gasteiger partial charge in [-0.1, -0.05) is 6.92 Å². The summed E-state index contributed by atoms with van der Waals surface area (Å²) in [7, 11) is 1.76. The monoisotopic (exact) mass is 243 g/mol.